The van der Waals surface area contributed by atoms with Crippen LogP contribution in [0.4, 0.5) is 0 Å². The molecular formula is C10H8BrNO3. The van der Waals surface area contributed by atoms with Gasteiger partial charge in [-0.05, 0) is 18.2 Å². The summed E-state index contributed by atoms with van der Waals surface area (Å²) in [5.41, 5.74) is 0.692. The number of rotatable bonds is 2. The number of methoxy groups -OCH3 is 1. The Morgan fingerprint density at radius 1 is 1.67 bits per heavy atom. The molecule has 0 spiro atoms. The van der Waals surface area contributed by atoms with Gasteiger partial charge >= 0.3 is 5.97 Å². The summed E-state index contributed by atoms with van der Waals surface area (Å²) < 4.78 is 4.96. The molecule has 4 nitrogen and oxygen atoms in total. The quantitative estimate of drug-likeness (QED) is 0.827. The summed E-state index contributed by atoms with van der Waals surface area (Å²) in [4.78, 5) is 11.1. The summed E-state index contributed by atoms with van der Waals surface area (Å²) in [6, 6.07) is 6.54. The summed E-state index contributed by atoms with van der Waals surface area (Å²) >= 11 is 3.18. The molecule has 1 N–H and O–H groups in total. The van der Waals surface area contributed by atoms with Crippen molar-refractivity contribution in [2.24, 2.45) is 0 Å². The number of benzene rings is 1. The van der Waals surface area contributed by atoms with Gasteiger partial charge in [0, 0.05) is 10.0 Å². The molecule has 5 heteroatoms. The predicted molar refractivity (Wildman–Crippen MR) is 55.8 cm³/mol. The fourth-order valence-corrected chi connectivity index (χ4v) is 1.52. The highest BCUT2D eigenvalue weighted by molar-refractivity contribution is 9.10. The van der Waals surface area contributed by atoms with Crippen LogP contribution in [0.5, 0.6) is 0 Å². The Balaban J connectivity index is 3.13. The van der Waals surface area contributed by atoms with Gasteiger partial charge in [-0.1, -0.05) is 15.9 Å². The van der Waals surface area contributed by atoms with Crippen molar-refractivity contribution in [1.82, 2.24) is 0 Å². The van der Waals surface area contributed by atoms with Crippen molar-refractivity contribution in [3.05, 3.63) is 33.8 Å². The molecule has 0 aliphatic carbocycles. The molecule has 1 unspecified atom stereocenters. The van der Waals surface area contributed by atoms with E-state index in [4.69, 9.17) is 5.26 Å². The van der Waals surface area contributed by atoms with Gasteiger partial charge < -0.3 is 9.84 Å². The zero-order valence-electron chi connectivity index (χ0n) is 7.90. The van der Waals surface area contributed by atoms with Crippen LogP contribution >= 0.6 is 15.9 Å². The molecule has 0 aromatic heterocycles. The molecule has 78 valence electrons. The first kappa shape index (κ1) is 11.7. The third-order valence-corrected chi connectivity index (χ3v) is 2.57. The van der Waals surface area contributed by atoms with Crippen LogP contribution in [0.2, 0.25) is 0 Å². The first-order valence-corrected chi connectivity index (χ1v) is 4.85. The Hall–Kier alpha value is -1.38. The molecule has 1 atom stereocenters. The lowest BCUT2D eigenvalue weighted by Crippen LogP contribution is -2.14. The number of halogens is 1. The largest absolute Gasteiger partial charge is 0.467 e. The van der Waals surface area contributed by atoms with E-state index in [0.717, 1.165) is 0 Å². The van der Waals surface area contributed by atoms with Gasteiger partial charge in [-0.2, -0.15) is 5.26 Å². The minimum Gasteiger partial charge on any atom is -0.467 e. The summed E-state index contributed by atoms with van der Waals surface area (Å²) in [5.74, 6) is -0.759. The maximum Gasteiger partial charge on any atom is 0.339 e. The fourth-order valence-electron chi connectivity index (χ4n) is 1.06. The van der Waals surface area contributed by atoms with Crippen molar-refractivity contribution < 1.29 is 14.6 Å². The maximum absolute atomic E-state index is 11.1. The highest BCUT2D eigenvalue weighted by Crippen LogP contribution is 2.25. The molecule has 0 fully saturated rings. The smallest absolute Gasteiger partial charge is 0.339 e. The lowest BCUT2D eigenvalue weighted by atomic mass is 10.1. The van der Waals surface area contributed by atoms with Crippen LogP contribution in [0.1, 0.15) is 17.2 Å². The van der Waals surface area contributed by atoms with E-state index in [1.165, 1.54) is 13.2 Å². The molecule has 1 aromatic carbocycles. The van der Waals surface area contributed by atoms with Crippen molar-refractivity contribution in [3.8, 4) is 6.07 Å². The highest BCUT2D eigenvalue weighted by atomic mass is 79.9. The first-order chi connectivity index (χ1) is 7.10. The minimum absolute atomic E-state index is 0.320. The Bertz CT molecular complexity index is 425. The van der Waals surface area contributed by atoms with E-state index >= 15 is 0 Å². The Morgan fingerprint density at radius 3 is 2.87 bits per heavy atom. The van der Waals surface area contributed by atoms with Crippen molar-refractivity contribution >= 4 is 21.9 Å². The van der Waals surface area contributed by atoms with E-state index in [0.29, 0.717) is 15.6 Å². The van der Waals surface area contributed by atoms with Gasteiger partial charge in [0.15, 0.2) is 6.10 Å². The van der Waals surface area contributed by atoms with Crippen molar-refractivity contribution in [1.29, 1.82) is 5.26 Å². The van der Waals surface area contributed by atoms with Crippen LogP contribution in [0.25, 0.3) is 0 Å². The first-order valence-electron chi connectivity index (χ1n) is 4.05. The second kappa shape index (κ2) is 4.91. The lowest BCUT2D eigenvalue weighted by molar-refractivity contribution is -0.150. The Labute approximate surface area is 95.2 Å². The maximum atomic E-state index is 11.1. The minimum atomic E-state index is -1.38. The summed E-state index contributed by atoms with van der Waals surface area (Å²) in [5, 5.41) is 18.2. The molecule has 1 rings (SSSR count). The third kappa shape index (κ3) is 2.55. The van der Waals surface area contributed by atoms with E-state index < -0.39 is 12.1 Å². The van der Waals surface area contributed by atoms with Crippen molar-refractivity contribution in [2.45, 2.75) is 6.10 Å². The molecule has 15 heavy (non-hydrogen) atoms. The normalized spacial score (nSPS) is 11.6. The predicted octanol–water partition coefficient (Wildman–Crippen LogP) is 1.53. The summed E-state index contributed by atoms with van der Waals surface area (Å²) in [7, 11) is 1.19. The van der Waals surface area contributed by atoms with E-state index in [-0.39, 0.29) is 0 Å². The van der Waals surface area contributed by atoms with Gasteiger partial charge in [0.1, 0.15) is 0 Å². The molecule has 0 heterocycles. The van der Waals surface area contributed by atoms with Crippen LogP contribution in [-0.4, -0.2) is 18.2 Å². The molecule has 0 saturated heterocycles. The van der Waals surface area contributed by atoms with Crippen LogP contribution in [-0.2, 0) is 9.53 Å². The summed E-state index contributed by atoms with van der Waals surface area (Å²) in [6.07, 6.45) is -1.38. The number of carbonyl (C=O) groups excluding carboxylic acids is 1. The number of ether oxygens (including phenoxy) is 1. The van der Waals surface area contributed by atoms with Gasteiger partial charge in [0.2, 0.25) is 0 Å². The number of nitriles is 1. The van der Waals surface area contributed by atoms with E-state index in [1.807, 2.05) is 6.07 Å². The number of aliphatic hydroxyl groups excluding tert-OH is 1. The Kier molecular flexibility index (Phi) is 3.83. The number of carbonyl (C=O) groups is 1. The van der Waals surface area contributed by atoms with Crippen LogP contribution in [0.3, 0.4) is 0 Å². The third-order valence-electron chi connectivity index (χ3n) is 1.84. The topological polar surface area (TPSA) is 70.3 Å². The molecule has 0 amide bonds. The zero-order chi connectivity index (χ0) is 11.4. The van der Waals surface area contributed by atoms with Crippen molar-refractivity contribution in [2.75, 3.05) is 7.11 Å². The number of nitrogens with zero attached hydrogens (tertiary/aromatic N) is 1. The Morgan fingerprint density at radius 2 is 2.33 bits per heavy atom. The SMILES string of the molecule is COC(=O)C(O)c1cc(C#N)ccc1Br. The van der Waals surface area contributed by atoms with E-state index in [1.54, 1.807) is 12.1 Å². The zero-order valence-corrected chi connectivity index (χ0v) is 9.48. The lowest BCUT2D eigenvalue weighted by Gasteiger charge is -2.10. The number of aliphatic hydroxyl groups is 1. The standard InChI is InChI=1S/C10H8BrNO3/c1-15-10(14)9(13)7-4-6(5-12)2-3-8(7)11/h2-4,9,13H,1H3. The van der Waals surface area contributed by atoms with Gasteiger partial charge in [-0.15, -0.1) is 0 Å². The fraction of sp³-hybridized carbons (Fsp3) is 0.200. The van der Waals surface area contributed by atoms with E-state index in [2.05, 4.69) is 20.7 Å². The van der Waals surface area contributed by atoms with E-state index in [9.17, 15) is 9.90 Å². The highest BCUT2D eigenvalue weighted by Gasteiger charge is 2.20. The van der Waals surface area contributed by atoms with Gasteiger partial charge in [0.25, 0.3) is 0 Å². The van der Waals surface area contributed by atoms with Gasteiger partial charge in [-0.3, -0.25) is 0 Å². The second-order valence-electron chi connectivity index (χ2n) is 2.77. The molecule has 0 saturated carbocycles. The monoisotopic (exact) mass is 269 g/mol. The molecule has 0 aliphatic heterocycles. The number of esters is 1. The molecule has 0 aliphatic rings. The molecular weight excluding hydrogens is 262 g/mol. The number of hydrogen-bond acceptors (Lipinski definition) is 4. The number of hydrogen-bond donors (Lipinski definition) is 1. The second-order valence-corrected chi connectivity index (χ2v) is 3.63. The average Bonchev–Trinajstić information content (AvgIpc) is 2.27. The average molecular weight is 270 g/mol. The summed E-state index contributed by atoms with van der Waals surface area (Å²) in [6.45, 7) is 0. The molecule has 0 bridgehead atoms. The van der Waals surface area contributed by atoms with Gasteiger partial charge in [0.05, 0.1) is 18.7 Å². The van der Waals surface area contributed by atoms with Crippen LogP contribution in [0, 0.1) is 11.3 Å². The molecule has 1 aromatic rings. The van der Waals surface area contributed by atoms with Gasteiger partial charge in [-0.25, -0.2) is 4.79 Å². The van der Waals surface area contributed by atoms with Crippen LogP contribution < -0.4 is 0 Å². The van der Waals surface area contributed by atoms with Crippen molar-refractivity contribution in [3.63, 3.8) is 0 Å². The van der Waals surface area contributed by atoms with Crippen LogP contribution in [0.15, 0.2) is 22.7 Å². The molecule has 0 radical (unpaired) electrons.